The summed E-state index contributed by atoms with van der Waals surface area (Å²) in [6.07, 6.45) is 5.12. The van der Waals surface area contributed by atoms with Crippen LogP contribution in [0.5, 0.6) is 11.5 Å². The molecule has 4 rings (SSSR count). The summed E-state index contributed by atoms with van der Waals surface area (Å²) < 4.78 is 10.8. The van der Waals surface area contributed by atoms with E-state index in [0.29, 0.717) is 28.3 Å². The summed E-state index contributed by atoms with van der Waals surface area (Å²) >= 11 is 0. The van der Waals surface area contributed by atoms with E-state index in [9.17, 15) is 5.26 Å². The summed E-state index contributed by atoms with van der Waals surface area (Å²) in [5.41, 5.74) is 2.71. The van der Waals surface area contributed by atoms with Crippen LogP contribution in [0.15, 0.2) is 55.0 Å². The second kappa shape index (κ2) is 6.81. The second-order valence-corrected chi connectivity index (χ2v) is 5.91. The van der Waals surface area contributed by atoms with Crippen LogP contribution in [0.3, 0.4) is 0 Å². The lowest BCUT2D eigenvalue weighted by atomic mass is 10.1. The predicted molar refractivity (Wildman–Crippen MR) is 105 cm³/mol. The van der Waals surface area contributed by atoms with Gasteiger partial charge in [-0.3, -0.25) is 9.97 Å². The van der Waals surface area contributed by atoms with Gasteiger partial charge in [0.1, 0.15) is 6.07 Å². The van der Waals surface area contributed by atoms with Gasteiger partial charge in [-0.15, -0.1) is 0 Å². The molecular weight excluding hydrogens is 340 g/mol. The average Bonchev–Trinajstić information content (AvgIpc) is 2.73. The molecule has 0 aliphatic carbocycles. The maximum atomic E-state index is 9.60. The van der Waals surface area contributed by atoms with Gasteiger partial charge in [0.15, 0.2) is 11.5 Å². The molecule has 0 atom stereocenters. The number of nitrogens with one attached hydrogen (secondary N) is 1. The third kappa shape index (κ3) is 2.85. The fourth-order valence-electron chi connectivity index (χ4n) is 3.10. The molecule has 6 nitrogen and oxygen atoms in total. The molecule has 4 aromatic rings. The third-order valence-electron chi connectivity index (χ3n) is 4.43. The fourth-order valence-corrected chi connectivity index (χ4v) is 3.10. The van der Waals surface area contributed by atoms with Crippen molar-refractivity contribution in [3.05, 3.63) is 60.6 Å². The Morgan fingerprint density at radius 2 is 1.81 bits per heavy atom. The van der Waals surface area contributed by atoms with Gasteiger partial charge in [-0.1, -0.05) is 12.1 Å². The second-order valence-electron chi connectivity index (χ2n) is 5.91. The van der Waals surface area contributed by atoms with Crippen LogP contribution in [0.1, 0.15) is 5.56 Å². The zero-order valence-corrected chi connectivity index (χ0v) is 14.9. The molecule has 0 fully saturated rings. The summed E-state index contributed by atoms with van der Waals surface area (Å²) in [5.74, 6) is 1.16. The summed E-state index contributed by atoms with van der Waals surface area (Å²) in [5, 5.41) is 15.8. The molecule has 2 aromatic heterocycles. The predicted octanol–water partition coefficient (Wildman–Crippen LogP) is 4.42. The van der Waals surface area contributed by atoms with Gasteiger partial charge in [0.25, 0.3) is 0 Å². The lowest BCUT2D eigenvalue weighted by Gasteiger charge is -2.15. The average molecular weight is 356 g/mol. The number of hydrogen-bond donors (Lipinski definition) is 1. The highest BCUT2D eigenvalue weighted by atomic mass is 16.5. The van der Waals surface area contributed by atoms with Crippen molar-refractivity contribution in [2.24, 2.45) is 0 Å². The number of hydrogen-bond acceptors (Lipinski definition) is 6. The number of pyridine rings is 2. The van der Waals surface area contributed by atoms with Gasteiger partial charge in [0.05, 0.1) is 31.0 Å². The van der Waals surface area contributed by atoms with Crippen molar-refractivity contribution < 1.29 is 9.47 Å². The molecule has 0 unspecified atom stereocenters. The zero-order valence-electron chi connectivity index (χ0n) is 14.9. The highest BCUT2D eigenvalue weighted by molar-refractivity contribution is 6.01. The van der Waals surface area contributed by atoms with Crippen molar-refractivity contribution in [2.45, 2.75) is 0 Å². The summed E-state index contributed by atoms with van der Waals surface area (Å²) in [6.45, 7) is 0. The van der Waals surface area contributed by atoms with Crippen LogP contribution in [0.4, 0.5) is 11.4 Å². The van der Waals surface area contributed by atoms with Crippen molar-refractivity contribution in [1.82, 2.24) is 9.97 Å². The largest absolute Gasteiger partial charge is 0.493 e. The first kappa shape index (κ1) is 16.6. The summed E-state index contributed by atoms with van der Waals surface area (Å²) in [4.78, 5) is 8.56. The van der Waals surface area contributed by atoms with Crippen molar-refractivity contribution in [3.8, 4) is 17.6 Å². The van der Waals surface area contributed by atoms with Crippen LogP contribution >= 0.6 is 0 Å². The molecule has 0 aliphatic rings. The SMILES string of the molecule is COc1cc2ncc(C#N)c(Nc3cccc4cnccc34)c2cc1OC. The molecule has 0 saturated heterocycles. The summed E-state index contributed by atoms with van der Waals surface area (Å²) in [6, 6.07) is 13.7. The van der Waals surface area contributed by atoms with Crippen molar-refractivity contribution in [1.29, 1.82) is 5.26 Å². The number of anilines is 2. The maximum absolute atomic E-state index is 9.60. The van der Waals surface area contributed by atoms with E-state index in [4.69, 9.17) is 9.47 Å². The van der Waals surface area contributed by atoms with Crippen LogP contribution in [0.25, 0.3) is 21.7 Å². The number of methoxy groups -OCH3 is 2. The van der Waals surface area contributed by atoms with Gasteiger partial charge >= 0.3 is 0 Å². The highest BCUT2D eigenvalue weighted by Gasteiger charge is 2.14. The van der Waals surface area contributed by atoms with Gasteiger partial charge in [-0.25, -0.2) is 0 Å². The van der Waals surface area contributed by atoms with Crippen LogP contribution in [-0.4, -0.2) is 24.2 Å². The van der Waals surface area contributed by atoms with E-state index in [0.717, 1.165) is 21.8 Å². The van der Waals surface area contributed by atoms with Gasteiger partial charge in [0, 0.05) is 46.5 Å². The fraction of sp³-hybridized carbons (Fsp3) is 0.0952. The van der Waals surface area contributed by atoms with E-state index in [2.05, 4.69) is 21.4 Å². The number of aromatic nitrogens is 2. The third-order valence-corrected chi connectivity index (χ3v) is 4.43. The van der Waals surface area contributed by atoms with Crippen molar-refractivity contribution >= 4 is 33.1 Å². The molecule has 2 heterocycles. The number of nitrogens with zero attached hydrogens (tertiary/aromatic N) is 3. The Hall–Kier alpha value is -3.85. The quantitative estimate of drug-likeness (QED) is 0.583. The van der Waals surface area contributed by atoms with Crippen molar-refractivity contribution in [3.63, 3.8) is 0 Å². The lowest BCUT2D eigenvalue weighted by molar-refractivity contribution is 0.356. The smallest absolute Gasteiger partial charge is 0.162 e. The topological polar surface area (TPSA) is 80.1 Å². The van der Waals surface area contributed by atoms with Crippen LogP contribution in [0.2, 0.25) is 0 Å². The molecule has 2 aromatic carbocycles. The van der Waals surface area contributed by atoms with E-state index in [-0.39, 0.29) is 0 Å². The Kier molecular flexibility index (Phi) is 4.19. The van der Waals surface area contributed by atoms with E-state index in [1.165, 1.54) is 0 Å². The molecule has 1 N–H and O–H groups in total. The minimum Gasteiger partial charge on any atom is -0.493 e. The number of rotatable bonds is 4. The number of fused-ring (bicyclic) bond motifs is 2. The lowest BCUT2D eigenvalue weighted by Crippen LogP contribution is -1.99. The molecule has 0 amide bonds. The van der Waals surface area contributed by atoms with E-state index >= 15 is 0 Å². The van der Waals surface area contributed by atoms with Crippen molar-refractivity contribution in [2.75, 3.05) is 19.5 Å². The maximum Gasteiger partial charge on any atom is 0.162 e. The monoisotopic (exact) mass is 356 g/mol. The first-order valence-electron chi connectivity index (χ1n) is 8.29. The molecule has 27 heavy (non-hydrogen) atoms. The van der Waals surface area contributed by atoms with Gasteiger partial charge < -0.3 is 14.8 Å². The zero-order chi connectivity index (χ0) is 18.8. The Morgan fingerprint density at radius 1 is 1.00 bits per heavy atom. The first-order valence-corrected chi connectivity index (χ1v) is 8.29. The molecule has 0 spiro atoms. The standard InChI is InChI=1S/C21H16N4O2/c1-26-19-8-16-18(9-20(19)27-2)24-12-14(10-22)21(16)25-17-5-3-4-13-11-23-7-6-15(13)17/h3-9,11-12H,1-2H3,(H,24,25). The van der Waals surface area contributed by atoms with Gasteiger partial charge in [-0.2, -0.15) is 5.26 Å². The first-order chi connectivity index (χ1) is 13.2. The number of nitriles is 1. The van der Waals surface area contributed by atoms with E-state index in [1.54, 1.807) is 32.7 Å². The summed E-state index contributed by atoms with van der Waals surface area (Å²) in [7, 11) is 3.16. The molecule has 0 bridgehead atoms. The number of ether oxygens (including phenoxy) is 2. The molecule has 6 heteroatoms. The van der Waals surface area contributed by atoms with E-state index < -0.39 is 0 Å². The van der Waals surface area contributed by atoms with Crippen LogP contribution < -0.4 is 14.8 Å². The minimum atomic E-state index is 0.445. The highest BCUT2D eigenvalue weighted by Crippen LogP contribution is 2.37. The Balaban J connectivity index is 1.95. The minimum absolute atomic E-state index is 0.445. The van der Waals surface area contributed by atoms with Gasteiger partial charge in [-0.05, 0) is 18.2 Å². The van der Waals surface area contributed by atoms with Crippen LogP contribution in [-0.2, 0) is 0 Å². The molecule has 0 radical (unpaired) electrons. The van der Waals surface area contributed by atoms with Gasteiger partial charge in [0.2, 0.25) is 0 Å². The molecule has 132 valence electrons. The Labute approximate surface area is 156 Å². The number of benzene rings is 2. The molecule has 0 aliphatic heterocycles. The molecule has 0 saturated carbocycles. The Morgan fingerprint density at radius 3 is 2.59 bits per heavy atom. The van der Waals surface area contributed by atoms with E-state index in [1.807, 2.05) is 36.5 Å². The Bertz CT molecular complexity index is 1190. The molecular formula is C21H16N4O2. The van der Waals surface area contributed by atoms with Crippen LogP contribution in [0, 0.1) is 11.3 Å². The normalized spacial score (nSPS) is 10.6.